The van der Waals surface area contributed by atoms with E-state index in [1.807, 2.05) is 67.1 Å². The van der Waals surface area contributed by atoms with E-state index in [1.165, 1.54) is 12.1 Å². The van der Waals surface area contributed by atoms with E-state index < -0.39 is 0 Å². The van der Waals surface area contributed by atoms with Crippen molar-refractivity contribution in [1.82, 2.24) is 14.5 Å². The summed E-state index contributed by atoms with van der Waals surface area (Å²) in [6, 6.07) is 12.6. The molecule has 0 spiro atoms. The number of oxime groups is 1. The number of hydrogen-bond donors (Lipinski definition) is 0. The van der Waals surface area contributed by atoms with Crippen LogP contribution >= 0.6 is 0 Å². The van der Waals surface area contributed by atoms with Crippen LogP contribution in [-0.2, 0) is 9.57 Å². The molecule has 3 aromatic rings. The molecule has 0 aliphatic heterocycles. The van der Waals surface area contributed by atoms with E-state index in [2.05, 4.69) is 22.0 Å². The summed E-state index contributed by atoms with van der Waals surface area (Å²) in [7, 11) is 3.35. The lowest BCUT2D eigenvalue weighted by molar-refractivity contribution is 0.146. The molecule has 37 heavy (non-hydrogen) atoms. The highest BCUT2D eigenvalue weighted by Gasteiger charge is 2.22. The fourth-order valence-electron chi connectivity index (χ4n) is 4.17. The minimum atomic E-state index is -0.254. The minimum absolute atomic E-state index is 0.0114. The number of methoxy groups -OCH3 is 2. The number of nitrogens with zero attached hydrogens (tertiary/aromatic N) is 4. The van der Waals surface area contributed by atoms with E-state index >= 15 is 0 Å². The maximum absolute atomic E-state index is 13.6. The summed E-state index contributed by atoms with van der Waals surface area (Å²) in [4.78, 5) is 12.0. The van der Waals surface area contributed by atoms with Gasteiger partial charge in [0.05, 0.1) is 30.9 Å². The van der Waals surface area contributed by atoms with E-state index in [-0.39, 0.29) is 11.9 Å². The van der Waals surface area contributed by atoms with Crippen LogP contribution in [-0.4, -0.2) is 54.3 Å². The highest BCUT2D eigenvalue weighted by atomic mass is 19.1. The van der Waals surface area contributed by atoms with Crippen LogP contribution in [0.1, 0.15) is 49.6 Å². The smallest absolute Gasteiger partial charge is 0.168 e. The first-order chi connectivity index (χ1) is 18.0. The van der Waals surface area contributed by atoms with Crippen molar-refractivity contribution >= 4 is 11.9 Å². The van der Waals surface area contributed by atoms with Crippen molar-refractivity contribution in [1.29, 1.82) is 0 Å². The average Bonchev–Trinajstić information content (AvgIpc) is 3.35. The molecule has 0 aliphatic rings. The van der Waals surface area contributed by atoms with Gasteiger partial charge in [-0.25, -0.2) is 9.37 Å². The van der Waals surface area contributed by atoms with Gasteiger partial charge in [0, 0.05) is 26.5 Å². The summed E-state index contributed by atoms with van der Waals surface area (Å²) in [5.41, 5.74) is 3.81. The van der Waals surface area contributed by atoms with Gasteiger partial charge in [0.15, 0.2) is 5.84 Å². The largest absolute Gasteiger partial charge is 0.495 e. The first-order valence-corrected chi connectivity index (χ1v) is 12.6. The van der Waals surface area contributed by atoms with Crippen molar-refractivity contribution in [2.75, 3.05) is 34.0 Å². The number of imidazole rings is 1. The van der Waals surface area contributed by atoms with Gasteiger partial charge in [-0.15, -0.1) is 0 Å². The van der Waals surface area contributed by atoms with Gasteiger partial charge in [0.2, 0.25) is 0 Å². The summed E-state index contributed by atoms with van der Waals surface area (Å²) in [6.45, 7) is 7.73. The Morgan fingerprint density at radius 1 is 1.16 bits per heavy atom. The first kappa shape index (κ1) is 27.9. The van der Waals surface area contributed by atoms with Gasteiger partial charge in [-0.2, -0.15) is 0 Å². The van der Waals surface area contributed by atoms with Crippen molar-refractivity contribution in [3.63, 3.8) is 0 Å². The molecule has 8 heteroatoms. The van der Waals surface area contributed by atoms with Gasteiger partial charge in [-0.1, -0.05) is 36.4 Å². The fourth-order valence-corrected chi connectivity index (χ4v) is 4.17. The number of halogens is 1. The first-order valence-electron chi connectivity index (χ1n) is 12.6. The van der Waals surface area contributed by atoms with Crippen LogP contribution in [0.4, 0.5) is 4.39 Å². The van der Waals surface area contributed by atoms with Crippen molar-refractivity contribution in [2.45, 2.75) is 39.7 Å². The van der Waals surface area contributed by atoms with Crippen LogP contribution in [0, 0.1) is 12.7 Å². The molecule has 2 aromatic carbocycles. The highest BCUT2D eigenvalue weighted by Crippen LogP contribution is 2.28. The Labute approximate surface area is 219 Å². The number of aryl methyl sites for hydroxylation is 1. The molecule has 1 aromatic heterocycles. The third-order valence-electron chi connectivity index (χ3n) is 5.97. The summed E-state index contributed by atoms with van der Waals surface area (Å²) in [6.07, 6.45) is 9.28. The van der Waals surface area contributed by atoms with Crippen LogP contribution in [0.25, 0.3) is 11.8 Å². The Balaban J connectivity index is 1.95. The van der Waals surface area contributed by atoms with E-state index in [9.17, 15) is 4.39 Å². The number of ether oxygens (including phenoxy) is 2. The molecule has 0 aliphatic carbocycles. The Morgan fingerprint density at radius 3 is 2.57 bits per heavy atom. The lowest BCUT2D eigenvalue weighted by atomic mass is 10.0. The summed E-state index contributed by atoms with van der Waals surface area (Å²) >= 11 is 0. The van der Waals surface area contributed by atoms with Crippen molar-refractivity contribution in [2.24, 2.45) is 5.16 Å². The van der Waals surface area contributed by atoms with Gasteiger partial charge < -0.3 is 23.8 Å². The van der Waals surface area contributed by atoms with E-state index in [0.29, 0.717) is 25.6 Å². The standard InChI is InChI=1S/C29H37FN4O3/c1-6-26(24-11-13-25(30)14-12-24)34(17-8-18-35-4)29(32-37-7-2)16-10-23-9-15-27(28(19-23)36-5)33-20-22(3)31-21-33/h9-16,19-21,26H,6-8,17-18H2,1-5H3/b16-10+,32-29-. The zero-order valence-corrected chi connectivity index (χ0v) is 22.4. The number of amidine groups is 1. The Hall–Kier alpha value is -3.65. The molecule has 0 radical (unpaired) electrons. The van der Waals surface area contributed by atoms with Gasteiger partial charge in [-0.3, -0.25) is 0 Å². The van der Waals surface area contributed by atoms with Gasteiger partial charge in [0.1, 0.15) is 18.2 Å². The minimum Gasteiger partial charge on any atom is -0.495 e. The van der Waals surface area contributed by atoms with Crippen LogP contribution in [0.15, 0.2) is 66.2 Å². The summed E-state index contributed by atoms with van der Waals surface area (Å²) < 4.78 is 26.5. The third-order valence-corrected chi connectivity index (χ3v) is 5.97. The third kappa shape index (κ3) is 7.67. The highest BCUT2D eigenvalue weighted by molar-refractivity contribution is 5.96. The van der Waals surface area contributed by atoms with Gasteiger partial charge >= 0.3 is 0 Å². The molecule has 0 bridgehead atoms. The molecule has 1 atom stereocenters. The van der Waals surface area contributed by atoms with E-state index in [4.69, 9.17) is 14.3 Å². The number of hydrogen-bond acceptors (Lipinski definition) is 5. The molecule has 0 N–H and O–H groups in total. The normalized spacial score (nSPS) is 12.6. The molecule has 3 rings (SSSR count). The van der Waals surface area contributed by atoms with Crippen LogP contribution in [0.2, 0.25) is 0 Å². The second-order valence-electron chi connectivity index (χ2n) is 8.57. The molecule has 0 amide bonds. The Morgan fingerprint density at radius 2 is 1.95 bits per heavy atom. The lowest BCUT2D eigenvalue weighted by Gasteiger charge is -2.33. The average molecular weight is 509 g/mol. The van der Waals surface area contributed by atoms with Crippen molar-refractivity contribution in [3.8, 4) is 11.4 Å². The zero-order valence-electron chi connectivity index (χ0n) is 22.4. The van der Waals surface area contributed by atoms with Gasteiger partial charge in [-0.05, 0) is 68.2 Å². The molecular formula is C29H37FN4O3. The zero-order chi connectivity index (χ0) is 26.6. The van der Waals surface area contributed by atoms with Crippen LogP contribution in [0.5, 0.6) is 5.75 Å². The van der Waals surface area contributed by atoms with Gasteiger partial charge in [0.25, 0.3) is 0 Å². The molecule has 0 fully saturated rings. The Kier molecular flexibility index (Phi) is 10.7. The number of aromatic nitrogens is 2. The molecule has 0 saturated carbocycles. The molecular weight excluding hydrogens is 471 g/mol. The second kappa shape index (κ2) is 14.2. The quantitative estimate of drug-likeness (QED) is 0.119. The topological polar surface area (TPSA) is 61.1 Å². The molecule has 0 saturated heterocycles. The monoisotopic (exact) mass is 508 g/mol. The predicted octanol–water partition coefficient (Wildman–Crippen LogP) is 6.18. The number of benzene rings is 2. The second-order valence-corrected chi connectivity index (χ2v) is 8.57. The van der Waals surface area contributed by atoms with Crippen molar-refractivity contribution in [3.05, 3.63) is 83.7 Å². The maximum Gasteiger partial charge on any atom is 0.168 e. The van der Waals surface area contributed by atoms with Crippen molar-refractivity contribution < 1.29 is 18.7 Å². The Bertz CT molecular complexity index is 1170. The maximum atomic E-state index is 13.6. The number of rotatable bonds is 13. The van der Waals surface area contributed by atoms with E-state index in [0.717, 1.165) is 41.1 Å². The summed E-state index contributed by atoms with van der Waals surface area (Å²) in [5.74, 6) is 1.16. The predicted molar refractivity (Wildman–Crippen MR) is 146 cm³/mol. The van der Waals surface area contributed by atoms with Crippen LogP contribution < -0.4 is 4.74 Å². The molecule has 7 nitrogen and oxygen atoms in total. The molecule has 1 heterocycles. The van der Waals surface area contributed by atoms with E-state index in [1.54, 1.807) is 20.5 Å². The SMILES string of the molecule is CCO/N=C(/C=C/c1ccc(-n2cnc(C)c2)c(OC)c1)N(CCCOC)C(CC)c1ccc(F)cc1. The fraction of sp³-hybridized carbons (Fsp3) is 0.379. The summed E-state index contributed by atoms with van der Waals surface area (Å²) in [5, 5.41) is 4.46. The molecule has 1 unspecified atom stereocenters. The molecule has 198 valence electrons. The van der Waals surface area contributed by atoms with Crippen LogP contribution in [0.3, 0.4) is 0 Å². The lowest BCUT2D eigenvalue weighted by Crippen LogP contribution is -2.35.